The van der Waals surface area contributed by atoms with Crippen molar-refractivity contribution in [2.45, 2.75) is 0 Å². The van der Waals surface area contributed by atoms with Crippen molar-refractivity contribution < 1.29 is 0 Å². The summed E-state index contributed by atoms with van der Waals surface area (Å²) >= 11 is 3.56. The molecule has 0 aliphatic heterocycles. The highest BCUT2D eigenvalue weighted by atomic mass is 79.9. The lowest BCUT2D eigenvalue weighted by Crippen LogP contribution is -1.89. The molecule has 0 N–H and O–H groups in total. The van der Waals surface area contributed by atoms with Crippen LogP contribution in [0, 0.1) is 0 Å². The van der Waals surface area contributed by atoms with Gasteiger partial charge in [-0.15, -0.1) is 0 Å². The Hall–Kier alpha value is -1.80. The standard InChI is InChI=1S/C17H14BrN/c1-19-15(12-14-7-3-5-9-17(14)19)11-10-13-6-2-4-8-16(13)18/h2-12H,1H3/b11-10+. The van der Waals surface area contributed by atoms with Crippen LogP contribution in [-0.2, 0) is 7.05 Å². The number of benzene rings is 2. The Morgan fingerprint density at radius 3 is 2.47 bits per heavy atom. The summed E-state index contributed by atoms with van der Waals surface area (Å²) in [6, 6.07) is 18.9. The van der Waals surface area contributed by atoms with Crippen LogP contribution in [0.3, 0.4) is 0 Å². The minimum absolute atomic E-state index is 1.12. The number of fused-ring (bicyclic) bond motifs is 1. The van der Waals surface area contributed by atoms with Crippen LogP contribution in [0.2, 0.25) is 0 Å². The summed E-state index contributed by atoms with van der Waals surface area (Å²) in [6.45, 7) is 0. The van der Waals surface area contributed by atoms with Crippen molar-refractivity contribution in [2.24, 2.45) is 7.05 Å². The predicted octanol–water partition coefficient (Wildman–Crippen LogP) is 5.11. The van der Waals surface area contributed by atoms with Gasteiger partial charge >= 0.3 is 0 Å². The number of rotatable bonds is 2. The van der Waals surface area contributed by atoms with Crippen LogP contribution in [0.5, 0.6) is 0 Å². The minimum Gasteiger partial charge on any atom is -0.344 e. The number of para-hydroxylation sites is 1. The Morgan fingerprint density at radius 1 is 0.947 bits per heavy atom. The lowest BCUT2D eigenvalue weighted by molar-refractivity contribution is 0.955. The molecule has 0 atom stereocenters. The second-order valence-corrected chi connectivity index (χ2v) is 5.40. The Labute approximate surface area is 121 Å². The van der Waals surface area contributed by atoms with Gasteiger partial charge in [-0.2, -0.15) is 0 Å². The maximum Gasteiger partial charge on any atom is 0.0482 e. The van der Waals surface area contributed by atoms with Crippen LogP contribution >= 0.6 is 15.9 Å². The number of hydrogen-bond acceptors (Lipinski definition) is 0. The van der Waals surface area contributed by atoms with Crippen LogP contribution in [0.1, 0.15) is 11.3 Å². The number of nitrogens with zero attached hydrogens (tertiary/aromatic N) is 1. The summed E-state index contributed by atoms with van der Waals surface area (Å²) in [5.74, 6) is 0. The van der Waals surface area contributed by atoms with Crippen molar-refractivity contribution in [1.82, 2.24) is 4.57 Å². The molecule has 0 aliphatic carbocycles. The fourth-order valence-corrected chi connectivity index (χ4v) is 2.67. The van der Waals surface area contributed by atoms with E-state index in [9.17, 15) is 0 Å². The zero-order valence-corrected chi connectivity index (χ0v) is 12.3. The first-order valence-corrected chi connectivity index (χ1v) is 7.02. The summed E-state index contributed by atoms with van der Waals surface area (Å²) in [7, 11) is 2.10. The van der Waals surface area contributed by atoms with Gasteiger partial charge in [0.2, 0.25) is 0 Å². The molecule has 0 radical (unpaired) electrons. The fourth-order valence-electron chi connectivity index (χ4n) is 2.26. The molecule has 19 heavy (non-hydrogen) atoms. The third kappa shape index (κ3) is 2.36. The summed E-state index contributed by atoms with van der Waals surface area (Å²) in [5, 5.41) is 1.27. The molecule has 2 heteroatoms. The smallest absolute Gasteiger partial charge is 0.0482 e. The first kappa shape index (κ1) is 12.2. The highest BCUT2D eigenvalue weighted by Gasteiger charge is 2.02. The molecule has 0 bridgehead atoms. The molecule has 2 aromatic carbocycles. The largest absolute Gasteiger partial charge is 0.344 e. The zero-order chi connectivity index (χ0) is 13.2. The van der Waals surface area contributed by atoms with E-state index in [1.165, 1.54) is 22.2 Å². The average Bonchev–Trinajstić information content (AvgIpc) is 2.75. The van der Waals surface area contributed by atoms with E-state index in [1.54, 1.807) is 0 Å². The monoisotopic (exact) mass is 311 g/mol. The van der Waals surface area contributed by atoms with Crippen molar-refractivity contribution in [3.05, 3.63) is 70.3 Å². The number of aryl methyl sites for hydroxylation is 1. The number of halogens is 1. The van der Waals surface area contributed by atoms with Gasteiger partial charge in [-0.3, -0.25) is 0 Å². The molecule has 0 saturated heterocycles. The SMILES string of the molecule is Cn1c(/C=C/c2ccccc2Br)cc2ccccc21. The van der Waals surface area contributed by atoms with E-state index < -0.39 is 0 Å². The summed E-state index contributed by atoms with van der Waals surface area (Å²) < 4.78 is 3.33. The molecule has 1 heterocycles. The molecule has 0 spiro atoms. The molecule has 1 aromatic heterocycles. The molecule has 0 amide bonds. The van der Waals surface area contributed by atoms with E-state index >= 15 is 0 Å². The van der Waals surface area contributed by atoms with E-state index in [4.69, 9.17) is 0 Å². The average molecular weight is 312 g/mol. The van der Waals surface area contributed by atoms with Crippen molar-refractivity contribution in [2.75, 3.05) is 0 Å². The van der Waals surface area contributed by atoms with E-state index in [-0.39, 0.29) is 0 Å². The van der Waals surface area contributed by atoms with Gasteiger partial charge in [0.15, 0.2) is 0 Å². The molecule has 0 unspecified atom stereocenters. The summed E-state index contributed by atoms with van der Waals surface area (Å²) in [4.78, 5) is 0. The van der Waals surface area contributed by atoms with E-state index in [0.29, 0.717) is 0 Å². The Balaban J connectivity index is 2.02. The van der Waals surface area contributed by atoms with Crippen LogP contribution in [-0.4, -0.2) is 4.57 Å². The van der Waals surface area contributed by atoms with Gasteiger partial charge in [0.1, 0.15) is 0 Å². The molecule has 0 fully saturated rings. The summed E-state index contributed by atoms with van der Waals surface area (Å²) in [5.41, 5.74) is 3.65. The van der Waals surface area contributed by atoms with E-state index in [0.717, 1.165) is 4.47 Å². The molecular formula is C17H14BrN. The normalized spacial score (nSPS) is 11.5. The Morgan fingerprint density at radius 2 is 1.68 bits per heavy atom. The molecule has 3 rings (SSSR count). The first-order valence-electron chi connectivity index (χ1n) is 6.23. The van der Waals surface area contributed by atoms with Crippen LogP contribution in [0.15, 0.2) is 59.1 Å². The van der Waals surface area contributed by atoms with Crippen molar-refractivity contribution in [3.8, 4) is 0 Å². The topological polar surface area (TPSA) is 4.93 Å². The van der Waals surface area contributed by atoms with E-state index in [1.807, 2.05) is 12.1 Å². The molecule has 94 valence electrons. The maximum atomic E-state index is 3.56. The molecular weight excluding hydrogens is 298 g/mol. The van der Waals surface area contributed by atoms with Gasteiger partial charge in [0, 0.05) is 28.1 Å². The Bertz CT molecular complexity index is 753. The van der Waals surface area contributed by atoms with Crippen molar-refractivity contribution >= 4 is 39.0 Å². The molecule has 3 aromatic rings. The second-order valence-electron chi connectivity index (χ2n) is 4.54. The van der Waals surface area contributed by atoms with Crippen LogP contribution in [0.4, 0.5) is 0 Å². The Kier molecular flexibility index (Phi) is 3.26. The van der Waals surface area contributed by atoms with Gasteiger partial charge in [0.25, 0.3) is 0 Å². The van der Waals surface area contributed by atoms with Gasteiger partial charge in [-0.1, -0.05) is 58.4 Å². The third-order valence-electron chi connectivity index (χ3n) is 3.33. The molecule has 0 aliphatic rings. The van der Waals surface area contributed by atoms with Gasteiger partial charge in [-0.05, 0) is 29.8 Å². The molecule has 1 nitrogen and oxygen atoms in total. The second kappa shape index (κ2) is 5.06. The van der Waals surface area contributed by atoms with Gasteiger partial charge in [0.05, 0.1) is 0 Å². The van der Waals surface area contributed by atoms with Crippen molar-refractivity contribution in [3.63, 3.8) is 0 Å². The maximum absolute atomic E-state index is 3.56. The first-order chi connectivity index (χ1) is 9.25. The number of hydrogen-bond donors (Lipinski definition) is 0. The highest BCUT2D eigenvalue weighted by Crippen LogP contribution is 2.22. The van der Waals surface area contributed by atoms with Gasteiger partial charge in [-0.25, -0.2) is 0 Å². The minimum atomic E-state index is 1.12. The fraction of sp³-hybridized carbons (Fsp3) is 0.0588. The van der Waals surface area contributed by atoms with Crippen molar-refractivity contribution in [1.29, 1.82) is 0 Å². The number of aromatic nitrogens is 1. The quantitative estimate of drug-likeness (QED) is 0.619. The van der Waals surface area contributed by atoms with E-state index in [2.05, 4.69) is 82.2 Å². The van der Waals surface area contributed by atoms with Crippen LogP contribution in [0.25, 0.3) is 23.1 Å². The lowest BCUT2D eigenvalue weighted by Gasteiger charge is -2.00. The third-order valence-corrected chi connectivity index (χ3v) is 4.05. The lowest BCUT2D eigenvalue weighted by atomic mass is 10.2. The summed E-state index contributed by atoms with van der Waals surface area (Å²) in [6.07, 6.45) is 4.29. The predicted molar refractivity (Wildman–Crippen MR) is 86.0 cm³/mol. The molecule has 0 saturated carbocycles. The zero-order valence-electron chi connectivity index (χ0n) is 10.7. The highest BCUT2D eigenvalue weighted by molar-refractivity contribution is 9.10. The van der Waals surface area contributed by atoms with Crippen LogP contribution < -0.4 is 0 Å². The van der Waals surface area contributed by atoms with Gasteiger partial charge < -0.3 is 4.57 Å².